The molecule has 1 amide bonds. The van der Waals surface area contributed by atoms with Gasteiger partial charge in [0.1, 0.15) is 0 Å². The van der Waals surface area contributed by atoms with Crippen LogP contribution in [0.2, 0.25) is 5.02 Å². The molecule has 20 heavy (non-hydrogen) atoms. The first-order valence-corrected chi connectivity index (χ1v) is 8.56. The van der Waals surface area contributed by atoms with E-state index in [1.165, 1.54) is 0 Å². The first kappa shape index (κ1) is 15.3. The Morgan fingerprint density at radius 1 is 1.35 bits per heavy atom. The highest BCUT2D eigenvalue weighted by atomic mass is 35.5. The van der Waals surface area contributed by atoms with Gasteiger partial charge in [0.25, 0.3) is 0 Å². The maximum atomic E-state index is 11.8. The lowest BCUT2D eigenvalue weighted by molar-refractivity contribution is -0.121. The molecule has 5 nitrogen and oxygen atoms in total. The molecule has 0 aliphatic heterocycles. The van der Waals surface area contributed by atoms with Crippen LogP contribution < -0.4 is 5.32 Å². The molecule has 0 aromatic heterocycles. The second kappa shape index (κ2) is 6.11. The highest BCUT2D eigenvalue weighted by molar-refractivity contribution is 7.88. The summed E-state index contributed by atoms with van der Waals surface area (Å²) >= 11 is 5.79. The summed E-state index contributed by atoms with van der Waals surface area (Å²) in [6.07, 6.45) is 3.05. The van der Waals surface area contributed by atoms with Crippen molar-refractivity contribution in [3.05, 3.63) is 34.9 Å². The Kier molecular flexibility index (Phi) is 4.67. The topological polar surface area (TPSA) is 66.5 Å². The number of sulfonamides is 1. The van der Waals surface area contributed by atoms with Gasteiger partial charge in [0.15, 0.2) is 0 Å². The van der Waals surface area contributed by atoms with Crippen LogP contribution in [0.25, 0.3) is 0 Å². The van der Waals surface area contributed by atoms with E-state index in [0.29, 0.717) is 5.02 Å². The molecule has 1 saturated carbocycles. The molecular weight excluding hydrogens is 300 g/mol. The van der Waals surface area contributed by atoms with Gasteiger partial charge in [-0.1, -0.05) is 23.7 Å². The van der Waals surface area contributed by atoms with Crippen molar-refractivity contribution in [1.82, 2.24) is 9.62 Å². The Hall–Kier alpha value is -1.11. The monoisotopic (exact) mass is 316 g/mol. The van der Waals surface area contributed by atoms with E-state index in [0.717, 1.165) is 29.0 Å². The minimum atomic E-state index is -3.44. The van der Waals surface area contributed by atoms with Crippen LogP contribution in [0.3, 0.4) is 0 Å². The summed E-state index contributed by atoms with van der Waals surface area (Å²) in [6, 6.07) is 7.11. The van der Waals surface area contributed by atoms with Gasteiger partial charge in [-0.15, -0.1) is 0 Å². The first-order chi connectivity index (χ1) is 9.34. The highest BCUT2D eigenvalue weighted by Crippen LogP contribution is 2.18. The maximum Gasteiger partial charge on any atom is 0.235 e. The molecule has 1 fully saturated rings. The van der Waals surface area contributed by atoms with Crippen molar-refractivity contribution in [2.24, 2.45) is 0 Å². The van der Waals surface area contributed by atoms with Gasteiger partial charge in [0.05, 0.1) is 12.8 Å². The minimum absolute atomic E-state index is 0.155. The lowest BCUT2D eigenvalue weighted by Gasteiger charge is -2.19. The Morgan fingerprint density at radius 2 is 1.95 bits per heavy atom. The van der Waals surface area contributed by atoms with Crippen LogP contribution in [0.15, 0.2) is 24.3 Å². The number of nitrogens with zero attached hydrogens (tertiary/aromatic N) is 1. The smallest absolute Gasteiger partial charge is 0.235 e. The van der Waals surface area contributed by atoms with Crippen LogP contribution in [0.5, 0.6) is 0 Å². The van der Waals surface area contributed by atoms with E-state index < -0.39 is 10.0 Å². The molecule has 7 heteroatoms. The maximum absolute atomic E-state index is 11.8. The predicted octanol–water partition coefficient (Wildman–Crippen LogP) is 1.38. The molecular formula is C13H17ClN2O3S. The second-order valence-corrected chi connectivity index (χ2v) is 7.42. The largest absolute Gasteiger partial charge is 0.352 e. The van der Waals surface area contributed by atoms with Gasteiger partial charge in [-0.05, 0) is 30.5 Å². The molecule has 0 radical (unpaired) electrons. The SMILES string of the molecule is CS(=O)(=O)N(CC(=O)NC1CC1)Cc1ccc(Cl)cc1. The lowest BCUT2D eigenvalue weighted by Crippen LogP contribution is -2.40. The van der Waals surface area contributed by atoms with Crippen LogP contribution in [0.4, 0.5) is 0 Å². The fourth-order valence-electron chi connectivity index (χ4n) is 1.75. The lowest BCUT2D eigenvalue weighted by atomic mass is 10.2. The zero-order valence-corrected chi connectivity index (χ0v) is 12.7. The van der Waals surface area contributed by atoms with E-state index in [1.54, 1.807) is 24.3 Å². The summed E-state index contributed by atoms with van der Waals surface area (Å²) in [4.78, 5) is 11.8. The van der Waals surface area contributed by atoms with Crippen molar-refractivity contribution >= 4 is 27.5 Å². The highest BCUT2D eigenvalue weighted by Gasteiger charge is 2.26. The quantitative estimate of drug-likeness (QED) is 0.862. The summed E-state index contributed by atoms with van der Waals surface area (Å²) in [5, 5.41) is 3.37. The van der Waals surface area contributed by atoms with Crippen molar-refractivity contribution in [3.8, 4) is 0 Å². The van der Waals surface area contributed by atoms with Crippen molar-refractivity contribution < 1.29 is 13.2 Å². The van der Waals surface area contributed by atoms with Crippen molar-refractivity contribution in [2.45, 2.75) is 25.4 Å². The summed E-state index contributed by atoms with van der Waals surface area (Å²) in [5.41, 5.74) is 0.791. The van der Waals surface area contributed by atoms with Gasteiger partial charge in [-0.25, -0.2) is 8.42 Å². The molecule has 110 valence electrons. The molecule has 0 heterocycles. The second-order valence-electron chi connectivity index (χ2n) is 5.00. The van der Waals surface area contributed by atoms with E-state index in [4.69, 9.17) is 11.6 Å². The van der Waals surface area contributed by atoms with Gasteiger partial charge >= 0.3 is 0 Å². The fraction of sp³-hybridized carbons (Fsp3) is 0.462. The number of carbonyl (C=O) groups is 1. The summed E-state index contributed by atoms with van der Waals surface area (Å²) in [7, 11) is -3.44. The Morgan fingerprint density at radius 3 is 2.45 bits per heavy atom. The van der Waals surface area contributed by atoms with Crippen LogP contribution in [0, 0.1) is 0 Å². The van der Waals surface area contributed by atoms with E-state index >= 15 is 0 Å². The third kappa shape index (κ3) is 4.77. The Labute approximate surface area is 124 Å². The molecule has 0 spiro atoms. The average molecular weight is 317 g/mol. The van der Waals surface area contributed by atoms with Crippen LogP contribution in [-0.2, 0) is 21.4 Å². The van der Waals surface area contributed by atoms with Gasteiger partial charge < -0.3 is 5.32 Å². The number of hydrogen-bond acceptors (Lipinski definition) is 3. The average Bonchev–Trinajstić information content (AvgIpc) is 3.13. The predicted molar refractivity (Wildman–Crippen MR) is 77.9 cm³/mol. The molecule has 0 saturated heterocycles. The van der Waals surface area contributed by atoms with E-state index in [1.807, 2.05) is 0 Å². The van der Waals surface area contributed by atoms with Gasteiger partial charge in [-0.2, -0.15) is 4.31 Å². The summed E-state index contributed by atoms with van der Waals surface area (Å²) in [6.45, 7) is 0.00600. The number of amides is 1. The molecule has 1 aliphatic rings. The first-order valence-electron chi connectivity index (χ1n) is 6.33. The van der Waals surface area contributed by atoms with Gasteiger partial charge in [-0.3, -0.25) is 4.79 Å². The fourth-order valence-corrected chi connectivity index (χ4v) is 2.61. The normalized spacial score (nSPS) is 15.3. The number of carbonyl (C=O) groups excluding carboxylic acids is 1. The molecule has 2 rings (SSSR count). The zero-order valence-electron chi connectivity index (χ0n) is 11.2. The number of rotatable bonds is 6. The standard InChI is InChI=1S/C13H17ClN2O3S/c1-20(18,19)16(9-13(17)15-12-6-7-12)8-10-2-4-11(14)5-3-10/h2-5,12H,6-9H2,1H3,(H,15,17). The van der Waals surface area contributed by atoms with Crippen molar-refractivity contribution in [3.63, 3.8) is 0 Å². The number of hydrogen-bond donors (Lipinski definition) is 1. The molecule has 1 aliphatic carbocycles. The van der Waals surface area contributed by atoms with E-state index in [2.05, 4.69) is 5.32 Å². The Bertz CT molecular complexity index is 582. The summed E-state index contributed by atoms with van der Waals surface area (Å²) < 4.78 is 24.7. The third-order valence-corrected chi connectivity index (χ3v) is 4.45. The zero-order chi connectivity index (χ0) is 14.8. The van der Waals surface area contributed by atoms with E-state index in [-0.39, 0.29) is 25.0 Å². The molecule has 0 atom stereocenters. The number of nitrogens with one attached hydrogen (secondary N) is 1. The Balaban J connectivity index is 2.03. The number of halogens is 1. The molecule has 1 aromatic carbocycles. The van der Waals surface area contributed by atoms with Crippen LogP contribution >= 0.6 is 11.6 Å². The summed E-state index contributed by atoms with van der Waals surface area (Å²) in [5.74, 6) is -0.258. The molecule has 1 N–H and O–H groups in total. The van der Waals surface area contributed by atoms with Crippen LogP contribution in [0.1, 0.15) is 18.4 Å². The van der Waals surface area contributed by atoms with Crippen molar-refractivity contribution in [2.75, 3.05) is 12.8 Å². The minimum Gasteiger partial charge on any atom is -0.352 e. The molecule has 0 unspecified atom stereocenters. The number of benzene rings is 1. The molecule has 1 aromatic rings. The van der Waals surface area contributed by atoms with Crippen molar-refractivity contribution in [1.29, 1.82) is 0 Å². The third-order valence-electron chi connectivity index (χ3n) is 3.00. The van der Waals surface area contributed by atoms with Crippen LogP contribution in [-0.4, -0.2) is 37.5 Å². The molecule has 0 bridgehead atoms. The van der Waals surface area contributed by atoms with Gasteiger partial charge in [0, 0.05) is 17.6 Å². The van der Waals surface area contributed by atoms with E-state index in [9.17, 15) is 13.2 Å². The van der Waals surface area contributed by atoms with Gasteiger partial charge in [0.2, 0.25) is 15.9 Å².